The van der Waals surface area contributed by atoms with Gasteiger partial charge in [0.15, 0.2) is 0 Å². The van der Waals surface area contributed by atoms with Gasteiger partial charge in [0.1, 0.15) is 0 Å². The molecule has 0 aromatic heterocycles. The first-order chi connectivity index (χ1) is 1.91. The Morgan fingerprint density at radius 1 is 1.80 bits per heavy atom. The Bertz CT molecular complexity index is 23.6. The molecule has 0 saturated carbocycles. The van der Waals surface area contributed by atoms with E-state index in [2.05, 4.69) is 3.35 Å². The Balaban J connectivity index is 0. The molecule has 0 rings (SSSR count). The van der Waals surface area contributed by atoms with Gasteiger partial charge in [0.2, 0.25) is 0 Å². The molecule has 0 radical (unpaired) electrons. The third-order valence-electron chi connectivity index (χ3n) is 0.0225. The van der Waals surface area contributed by atoms with Crippen LogP contribution in [0.4, 0.5) is 0 Å². The van der Waals surface area contributed by atoms with E-state index in [4.69, 9.17) is 4.91 Å². The van der Waals surface area contributed by atoms with Crippen LogP contribution in [-0.4, -0.2) is 51.4 Å². The Kier molecular flexibility index (Phi) is 18.3. The van der Waals surface area contributed by atoms with Crippen molar-refractivity contribution < 1.29 is 24.8 Å². The van der Waals surface area contributed by atoms with Gasteiger partial charge in [-0.05, 0) is 0 Å². The second kappa shape index (κ2) is 9.24. The van der Waals surface area contributed by atoms with E-state index in [1.165, 1.54) is 21.5 Å². The fourth-order valence-electron chi connectivity index (χ4n) is 0. The third-order valence-corrected chi connectivity index (χ3v) is 0.184. The summed E-state index contributed by atoms with van der Waals surface area (Å²) in [5.41, 5.74) is 0. The molecule has 5 heteroatoms. The fourth-order valence-corrected chi connectivity index (χ4v) is 0. The van der Waals surface area contributed by atoms with Gasteiger partial charge in [0.25, 0.3) is 0 Å². The molecule has 0 bridgehead atoms. The Morgan fingerprint density at radius 3 is 2.00 bits per heavy atom. The van der Waals surface area contributed by atoms with Crippen LogP contribution in [0.1, 0.15) is 0 Å². The minimum atomic E-state index is 0. The second-order valence-corrected chi connectivity index (χ2v) is 0.525. The van der Waals surface area contributed by atoms with Crippen molar-refractivity contribution in [3.8, 4) is 0 Å². The molecule has 0 N–H and O–H groups in total. The topological polar surface area (TPSA) is 38.7 Å². The summed E-state index contributed by atoms with van der Waals surface area (Å²) in [6, 6.07) is 0. The van der Waals surface area contributed by atoms with Crippen LogP contribution in [0, 0.1) is 4.91 Å². The molecule has 0 spiro atoms. The van der Waals surface area contributed by atoms with Gasteiger partial charge >= 0.3 is 86.4 Å². The molecule has 0 unspecified atom stereocenters. The molecule has 0 aliphatic rings. The first kappa shape index (κ1) is 9.91. The molecule has 0 heterocycles. The van der Waals surface area contributed by atoms with E-state index in [1.54, 1.807) is 0 Å². The van der Waals surface area contributed by atoms with Crippen molar-refractivity contribution in [2.24, 2.45) is 5.34 Å². The zero-order valence-corrected chi connectivity index (χ0v) is 3.73. The fraction of sp³-hybridized carbons (Fsp3) is 0. The van der Waals surface area contributed by atoms with E-state index in [0.717, 1.165) is 0 Å². The van der Waals surface area contributed by atoms with Gasteiger partial charge in [0, 0.05) is 0 Å². The summed E-state index contributed by atoms with van der Waals surface area (Å²) in [5, 5.41) is 1.96. The van der Waals surface area contributed by atoms with Crippen LogP contribution in [0.2, 0.25) is 0 Å². The number of nitrogens with zero attached hydrogens (tertiary/aromatic N) is 1. The Morgan fingerprint density at radius 2 is 2.00 bits per heavy atom. The molecule has 0 aromatic rings. The maximum absolute atomic E-state index is 8.69. The predicted octanol–water partition coefficient (Wildman–Crippen LogP) is -0.502. The molecule has 30 valence electrons. The van der Waals surface area contributed by atoms with Crippen LogP contribution < -0.4 is 0 Å². The van der Waals surface area contributed by atoms with E-state index < -0.39 is 0 Å². The zero-order valence-electron chi connectivity index (χ0n) is 1.57. The molecule has 0 saturated heterocycles. The number of hydrogen-bond donors (Lipinski definition) is 0. The predicted molar refractivity (Wildman–Crippen MR) is 14.0 cm³/mol. The summed E-state index contributed by atoms with van der Waals surface area (Å²) < 4.78 is 3.56. The standard InChI is InChI=1S/Au.K.HNO2.H/c;;2-1-3;/h;;(H,2,3);/q+1;;;/p-1. The van der Waals surface area contributed by atoms with E-state index in [9.17, 15) is 0 Å². The third kappa shape index (κ3) is 10.7. The summed E-state index contributed by atoms with van der Waals surface area (Å²) in [7, 11) is 0. The van der Waals surface area contributed by atoms with Crippen LogP contribution in [-0.2, 0) is 24.8 Å². The van der Waals surface area contributed by atoms with Gasteiger partial charge in [-0.3, -0.25) is 0 Å². The van der Waals surface area contributed by atoms with Gasteiger partial charge < -0.3 is 0 Å². The summed E-state index contributed by atoms with van der Waals surface area (Å²) in [6.45, 7) is 0. The molecule has 0 atom stereocenters. The average molecular weight is 283 g/mol. The summed E-state index contributed by atoms with van der Waals surface area (Å²) in [4.78, 5) is 8.69. The maximum atomic E-state index is 8.69. The Hall–Kier alpha value is 1.78. The van der Waals surface area contributed by atoms with Gasteiger partial charge in [-0.15, -0.1) is 0 Å². The molecular formula is HAuKNO2. The van der Waals surface area contributed by atoms with Crippen molar-refractivity contribution in [3.63, 3.8) is 0 Å². The quantitative estimate of drug-likeness (QED) is 0.369. The van der Waals surface area contributed by atoms with Crippen LogP contribution in [0.15, 0.2) is 5.34 Å². The van der Waals surface area contributed by atoms with E-state index in [-0.39, 0.29) is 51.4 Å². The molecular weight excluding hydrogens is 282 g/mol. The van der Waals surface area contributed by atoms with Crippen molar-refractivity contribution in [3.05, 3.63) is 4.91 Å². The molecule has 3 nitrogen and oxygen atoms in total. The normalized spacial score (nSPS) is 4.40. The van der Waals surface area contributed by atoms with Crippen LogP contribution in [0.25, 0.3) is 0 Å². The van der Waals surface area contributed by atoms with Crippen molar-refractivity contribution >= 4 is 51.4 Å². The summed E-state index contributed by atoms with van der Waals surface area (Å²) in [6.07, 6.45) is 0. The van der Waals surface area contributed by atoms with Crippen molar-refractivity contribution in [2.75, 3.05) is 0 Å². The van der Waals surface area contributed by atoms with Crippen LogP contribution in [0.3, 0.4) is 0 Å². The molecule has 0 amide bonds. The SMILES string of the molecule is O=N[O][Au].[KH]. The van der Waals surface area contributed by atoms with E-state index in [0.29, 0.717) is 0 Å². The minimum absolute atomic E-state index is 0. The van der Waals surface area contributed by atoms with Gasteiger partial charge in [0.05, 0.1) is 0 Å². The van der Waals surface area contributed by atoms with Gasteiger partial charge in [-0.2, -0.15) is 0 Å². The number of rotatable bonds is 1. The van der Waals surface area contributed by atoms with Gasteiger partial charge in [-0.25, -0.2) is 0 Å². The molecule has 0 aromatic carbocycles. The van der Waals surface area contributed by atoms with E-state index >= 15 is 0 Å². The molecule has 5 heavy (non-hydrogen) atoms. The van der Waals surface area contributed by atoms with Crippen molar-refractivity contribution in [2.45, 2.75) is 0 Å². The summed E-state index contributed by atoms with van der Waals surface area (Å²) >= 11 is 1.52. The summed E-state index contributed by atoms with van der Waals surface area (Å²) in [5.74, 6) is 0. The molecule has 0 aliphatic heterocycles. The first-order valence-electron chi connectivity index (χ1n) is 0.488. The van der Waals surface area contributed by atoms with Gasteiger partial charge in [-0.1, -0.05) is 0 Å². The van der Waals surface area contributed by atoms with Crippen molar-refractivity contribution in [1.29, 1.82) is 0 Å². The number of hydrogen-bond acceptors (Lipinski definition) is 3. The van der Waals surface area contributed by atoms with Crippen LogP contribution in [0.5, 0.6) is 0 Å². The second-order valence-electron chi connectivity index (χ2n) is 0.130. The molecule has 0 fully saturated rings. The average Bonchev–Trinajstić information content (AvgIpc) is 1.37. The zero-order chi connectivity index (χ0) is 3.41. The van der Waals surface area contributed by atoms with Crippen LogP contribution >= 0.6 is 0 Å². The monoisotopic (exact) mass is 283 g/mol. The Labute approximate surface area is 84.6 Å². The van der Waals surface area contributed by atoms with Crippen molar-refractivity contribution in [1.82, 2.24) is 0 Å². The van der Waals surface area contributed by atoms with E-state index in [1.807, 2.05) is 5.34 Å². The molecule has 0 aliphatic carbocycles. The first-order valence-corrected chi connectivity index (χ1v) is 1.37.